The van der Waals surface area contributed by atoms with Crippen molar-refractivity contribution in [1.29, 1.82) is 0 Å². The van der Waals surface area contributed by atoms with Crippen LogP contribution in [0.2, 0.25) is 0 Å². The Hall–Kier alpha value is -3.74. The van der Waals surface area contributed by atoms with Gasteiger partial charge in [0.1, 0.15) is 5.41 Å². The molecule has 3 aliphatic rings. The summed E-state index contributed by atoms with van der Waals surface area (Å²) in [7, 11) is 0. The summed E-state index contributed by atoms with van der Waals surface area (Å²) in [5.41, 5.74) is 3.92. The molecule has 4 aromatic rings. The van der Waals surface area contributed by atoms with E-state index >= 15 is 4.79 Å². The Morgan fingerprint density at radius 3 is 1.37 bits per heavy atom. The van der Waals surface area contributed by atoms with Crippen LogP contribution >= 0.6 is 0 Å². The Bertz CT molecular complexity index is 1630. The van der Waals surface area contributed by atoms with Gasteiger partial charge in [0.2, 0.25) is 11.8 Å². The fourth-order valence-corrected chi connectivity index (χ4v) is 8.98. The highest BCUT2D eigenvalue weighted by Gasteiger charge is 2.59. The van der Waals surface area contributed by atoms with E-state index in [0.29, 0.717) is 38.5 Å². The molecule has 7 rings (SSSR count). The number of benzene rings is 4. The normalized spacial score (nSPS) is 21.6. The molecule has 2 unspecified atom stereocenters. The molecule has 0 aromatic heterocycles. The van der Waals surface area contributed by atoms with Gasteiger partial charge in [0.15, 0.2) is 0 Å². The zero-order valence-corrected chi connectivity index (χ0v) is 26.7. The van der Waals surface area contributed by atoms with Crippen LogP contribution in [-0.4, -0.2) is 38.1 Å². The van der Waals surface area contributed by atoms with Crippen LogP contribution in [0.5, 0.6) is 0 Å². The third-order valence-electron chi connectivity index (χ3n) is 11.6. The van der Waals surface area contributed by atoms with Gasteiger partial charge in [-0.15, -0.1) is 0 Å². The van der Waals surface area contributed by atoms with Crippen molar-refractivity contribution >= 4 is 33.4 Å². The Morgan fingerprint density at radius 1 is 0.565 bits per heavy atom. The molecule has 3 saturated carbocycles. The zero-order chi connectivity index (χ0) is 31.9. The van der Waals surface area contributed by atoms with Gasteiger partial charge >= 0.3 is 0 Å². The molecule has 0 aliphatic heterocycles. The average Bonchev–Trinajstić information content (AvgIpc) is 3.04. The molecule has 2 amide bonds. The second kappa shape index (κ2) is 12.1. The molecule has 6 nitrogen and oxygen atoms in total. The van der Waals surface area contributed by atoms with Crippen molar-refractivity contribution in [3.8, 4) is 0 Å². The molecule has 4 N–H and O–H groups in total. The third-order valence-corrected chi connectivity index (χ3v) is 11.6. The molecular weight excluding hydrogens is 572 g/mol. The van der Waals surface area contributed by atoms with Crippen LogP contribution in [-0.2, 0) is 9.59 Å². The van der Waals surface area contributed by atoms with Gasteiger partial charge in [-0.25, -0.2) is 0 Å². The van der Waals surface area contributed by atoms with E-state index in [-0.39, 0.29) is 5.91 Å². The van der Waals surface area contributed by atoms with Gasteiger partial charge in [-0.3, -0.25) is 9.59 Å². The van der Waals surface area contributed by atoms with Crippen molar-refractivity contribution in [2.24, 2.45) is 11.1 Å². The largest absolute Gasteiger partial charge is 0.387 e. The summed E-state index contributed by atoms with van der Waals surface area (Å²) in [6, 6.07) is 26.8. The lowest BCUT2D eigenvalue weighted by Gasteiger charge is -2.55. The number of amides is 2. The maximum atomic E-state index is 15.6. The summed E-state index contributed by atoms with van der Waals surface area (Å²) in [6.07, 6.45) is 8.95. The third kappa shape index (κ3) is 5.10. The van der Waals surface area contributed by atoms with Gasteiger partial charge in [0.05, 0.1) is 23.3 Å². The van der Waals surface area contributed by atoms with Crippen LogP contribution in [0.3, 0.4) is 0 Å². The summed E-state index contributed by atoms with van der Waals surface area (Å²) < 4.78 is 0. The predicted octanol–water partition coefficient (Wildman–Crippen LogP) is 7.65. The highest BCUT2D eigenvalue weighted by atomic mass is 16.3. The Morgan fingerprint density at radius 2 is 0.978 bits per heavy atom. The Kier molecular flexibility index (Phi) is 8.14. The van der Waals surface area contributed by atoms with Crippen molar-refractivity contribution in [1.82, 2.24) is 4.90 Å². The van der Waals surface area contributed by atoms with Gasteiger partial charge < -0.3 is 20.8 Å². The van der Waals surface area contributed by atoms with Gasteiger partial charge in [0, 0.05) is 0 Å². The number of fused-ring (bicyclic) bond motifs is 2. The monoisotopic (exact) mass is 618 g/mol. The lowest BCUT2D eigenvalue weighted by atomic mass is 9.64. The smallest absolute Gasteiger partial charge is 0.239 e. The molecule has 240 valence electrons. The first-order valence-electron chi connectivity index (χ1n) is 17.3. The minimum absolute atomic E-state index is 0.361. The first-order valence-corrected chi connectivity index (χ1v) is 17.3. The number of hydrogen-bond donors (Lipinski definition) is 3. The van der Waals surface area contributed by atoms with Crippen molar-refractivity contribution in [2.75, 3.05) is 0 Å². The van der Waals surface area contributed by atoms with Gasteiger partial charge in [-0.1, -0.05) is 130 Å². The molecule has 4 aromatic carbocycles. The van der Waals surface area contributed by atoms with E-state index in [1.165, 1.54) is 0 Å². The number of carbonyl (C=O) groups is 2. The van der Waals surface area contributed by atoms with Crippen LogP contribution in [0.1, 0.15) is 107 Å². The maximum absolute atomic E-state index is 15.6. The van der Waals surface area contributed by atoms with Crippen molar-refractivity contribution < 1.29 is 19.8 Å². The van der Waals surface area contributed by atoms with Crippen molar-refractivity contribution in [3.63, 3.8) is 0 Å². The molecule has 0 spiro atoms. The lowest BCUT2D eigenvalue weighted by Crippen LogP contribution is -2.62. The molecular formula is C40H46N2O4. The van der Waals surface area contributed by atoms with Crippen LogP contribution in [0.4, 0.5) is 0 Å². The fourth-order valence-electron chi connectivity index (χ4n) is 8.98. The predicted molar refractivity (Wildman–Crippen MR) is 182 cm³/mol. The van der Waals surface area contributed by atoms with Gasteiger partial charge in [-0.05, 0) is 71.2 Å². The highest BCUT2D eigenvalue weighted by molar-refractivity contribution is 6.06. The first-order chi connectivity index (χ1) is 22.3. The number of rotatable bonds is 8. The average molecular weight is 619 g/mol. The van der Waals surface area contributed by atoms with Crippen LogP contribution in [0.25, 0.3) is 21.5 Å². The van der Waals surface area contributed by atoms with E-state index in [1.807, 2.05) is 53.4 Å². The SMILES string of the molecule is NC(=O)C1(C(=O)N(C(c2cccc3ccccc23)C2(O)CCCCC2)C(c2cccc3ccccc23)C2(O)CCCCC2)CCC1. The Balaban J connectivity index is 1.57. The second-order valence-corrected chi connectivity index (χ2v) is 14.3. The minimum atomic E-state index is -1.37. The standard InChI is InChI=1S/C40H46N2O4/c41-36(43)38(22-13-23-38)37(44)42(34(39(45)24-7-1-8-25-39)32-20-11-16-28-14-3-5-18-30(28)32)35(40(46)26-9-2-10-27-40)33-21-12-17-29-15-4-6-19-31(29)33/h3-6,11-12,14-21,34-35,45-46H,1-2,7-10,13,22-27H2,(H2,41,43). The summed E-state index contributed by atoms with van der Waals surface area (Å²) in [5, 5.41) is 29.9. The van der Waals surface area contributed by atoms with E-state index in [4.69, 9.17) is 5.73 Å². The minimum Gasteiger partial charge on any atom is -0.387 e. The molecule has 0 saturated heterocycles. The van der Waals surface area contributed by atoms with Crippen LogP contribution in [0.15, 0.2) is 84.9 Å². The molecule has 46 heavy (non-hydrogen) atoms. The fraction of sp³-hybridized carbons (Fsp3) is 0.450. The molecule has 6 heteroatoms. The van der Waals surface area contributed by atoms with Crippen LogP contribution < -0.4 is 5.73 Å². The number of aliphatic hydroxyl groups is 2. The number of primary amides is 1. The van der Waals surface area contributed by atoms with Crippen molar-refractivity contribution in [2.45, 2.75) is 107 Å². The summed E-state index contributed by atoms with van der Waals surface area (Å²) in [6.45, 7) is 0. The van der Waals surface area contributed by atoms with Gasteiger partial charge in [-0.2, -0.15) is 0 Å². The summed E-state index contributed by atoms with van der Waals surface area (Å²) in [4.78, 5) is 30.7. The number of nitrogens with zero attached hydrogens (tertiary/aromatic N) is 1. The van der Waals surface area contributed by atoms with E-state index in [1.54, 1.807) is 0 Å². The zero-order valence-electron chi connectivity index (χ0n) is 26.7. The maximum Gasteiger partial charge on any atom is 0.239 e. The highest BCUT2D eigenvalue weighted by Crippen LogP contribution is 2.55. The van der Waals surface area contributed by atoms with Gasteiger partial charge in [0.25, 0.3) is 0 Å². The number of carbonyl (C=O) groups excluding carboxylic acids is 2. The first kappa shape index (κ1) is 30.9. The molecule has 0 heterocycles. The van der Waals surface area contributed by atoms with Crippen LogP contribution in [0, 0.1) is 5.41 Å². The molecule has 3 fully saturated rings. The molecule has 0 radical (unpaired) electrons. The Labute approximate surface area is 271 Å². The summed E-state index contributed by atoms with van der Waals surface area (Å²) in [5.74, 6) is -0.978. The molecule has 3 aliphatic carbocycles. The topological polar surface area (TPSA) is 104 Å². The van der Waals surface area contributed by atoms with E-state index in [0.717, 1.165) is 77.6 Å². The quantitative estimate of drug-likeness (QED) is 0.177. The van der Waals surface area contributed by atoms with Crippen molar-refractivity contribution in [3.05, 3.63) is 96.1 Å². The number of hydrogen-bond acceptors (Lipinski definition) is 4. The van der Waals surface area contributed by atoms with E-state index in [9.17, 15) is 15.0 Å². The number of nitrogens with two attached hydrogens (primary N) is 1. The van der Waals surface area contributed by atoms with E-state index < -0.39 is 34.6 Å². The lowest BCUT2D eigenvalue weighted by molar-refractivity contribution is -0.182. The molecule has 0 bridgehead atoms. The van der Waals surface area contributed by atoms with E-state index in [2.05, 4.69) is 36.4 Å². The molecule has 2 atom stereocenters. The summed E-state index contributed by atoms with van der Waals surface area (Å²) >= 11 is 0. The second-order valence-electron chi connectivity index (χ2n) is 14.3.